The van der Waals surface area contributed by atoms with Crippen molar-refractivity contribution in [3.63, 3.8) is 0 Å². The number of nitrogens with one attached hydrogen (secondary N) is 2. The van der Waals surface area contributed by atoms with Crippen molar-refractivity contribution in [2.75, 3.05) is 30.3 Å². The van der Waals surface area contributed by atoms with Gasteiger partial charge in [0.25, 0.3) is 0 Å². The van der Waals surface area contributed by atoms with Crippen LogP contribution in [0.15, 0.2) is 67.0 Å². The molecule has 1 amide bonds. The molecular formula is C29H37N5O4. The third kappa shape index (κ3) is 9.24. The molecule has 1 aromatic heterocycles. The molecule has 2 aromatic carbocycles. The van der Waals surface area contributed by atoms with Gasteiger partial charge in [-0.15, -0.1) is 0 Å². The summed E-state index contributed by atoms with van der Waals surface area (Å²) in [6, 6.07) is 15.6. The first kappa shape index (κ1) is 28.7. The van der Waals surface area contributed by atoms with E-state index in [2.05, 4.69) is 39.7 Å². The first-order valence-electron chi connectivity index (χ1n) is 12.7. The van der Waals surface area contributed by atoms with Crippen LogP contribution in [-0.2, 0) is 14.3 Å². The number of nitrogens with zero attached hydrogens (tertiary/aromatic N) is 3. The van der Waals surface area contributed by atoms with E-state index in [4.69, 9.17) is 4.74 Å². The molecule has 9 heteroatoms. The molecule has 202 valence electrons. The Morgan fingerprint density at radius 2 is 1.84 bits per heavy atom. The number of aliphatic hydroxyl groups is 1. The van der Waals surface area contributed by atoms with Gasteiger partial charge in [-0.3, -0.25) is 14.5 Å². The highest BCUT2D eigenvalue weighted by Gasteiger charge is 2.19. The summed E-state index contributed by atoms with van der Waals surface area (Å²) in [5.74, 6) is -0.0306. The van der Waals surface area contributed by atoms with Crippen molar-refractivity contribution in [3.8, 4) is 0 Å². The first-order chi connectivity index (χ1) is 18.0. The molecule has 3 N–H and O–H groups in total. The van der Waals surface area contributed by atoms with Gasteiger partial charge in [-0.25, -0.2) is 9.97 Å². The number of esters is 1. The normalized spacial score (nSPS) is 13.4. The van der Waals surface area contributed by atoms with Crippen LogP contribution in [0.5, 0.6) is 0 Å². The van der Waals surface area contributed by atoms with Crippen LogP contribution in [0, 0.1) is 0 Å². The zero-order chi connectivity index (χ0) is 27.7. The second kappa shape index (κ2) is 13.1. The summed E-state index contributed by atoms with van der Waals surface area (Å²) in [6.07, 6.45) is 3.94. The van der Waals surface area contributed by atoms with Crippen molar-refractivity contribution in [1.29, 1.82) is 0 Å². The third-order valence-electron chi connectivity index (χ3n) is 5.48. The number of rotatable bonds is 11. The van der Waals surface area contributed by atoms with E-state index in [0.717, 1.165) is 16.5 Å². The molecule has 0 fully saturated rings. The minimum atomic E-state index is -0.633. The minimum Gasteiger partial charge on any atom is -0.459 e. The molecule has 0 aliphatic carbocycles. The number of carbonyl (C=O) groups is 2. The highest BCUT2D eigenvalue weighted by atomic mass is 16.6. The van der Waals surface area contributed by atoms with E-state index >= 15 is 0 Å². The summed E-state index contributed by atoms with van der Waals surface area (Å²) in [7, 11) is 0. The van der Waals surface area contributed by atoms with Crippen LogP contribution in [0.2, 0.25) is 0 Å². The summed E-state index contributed by atoms with van der Waals surface area (Å²) < 4.78 is 5.37. The van der Waals surface area contributed by atoms with Gasteiger partial charge in [0.05, 0.1) is 18.2 Å². The molecule has 9 nitrogen and oxygen atoms in total. The Bertz CT molecular complexity index is 1250. The molecule has 1 heterocycles. The molecule has 0 unspecified atom stereocenters. The number of ether oxygens (including phenoxy) is 1. The molecule has 38 heavy (non-hydrogen) atoms. The molecule has 0 saturated carbocycles. The maximum absolute atomic E-state index is 12.6. The van der Waals surface area contributed by atoms with E-state index in [-0.39, 0.29) is 31.0 Å². The average molecular weight is 520 g/mol. The standard InChI is InChI=1S/C29H37N5O4/c1-20(35)17-34(18-27(37)38-29(3,4)5)15-9-12-26(36)33-23-13-14-25-24(16-23)28(31-19-30-25)32-21(2)22-10-7-6-8-11-22/h6-14,16,19-21,35H,15,17-18H2,1-5H3,(H,33,36)(H,30,31,32)/b12-9+/t20-,21-/m1/s1. The number of anilines is 2. The largest absolute Gasteiger partial charge is 0.459 e. The predicted molar refractivity (Wildman–Crippen MR) is 150 cm³/mol. The van der Waals surface area contributed by atoms with E-state index < -0.39 is 11.7 Å². The summed E-state index contributed by atoms with van der Waals surface area (Å²) in [5, 5.41) is 16.9. The number of aliphatic hydroxyl groups excluding tert-OH is 1. The lowest BCUT2D eigenvalue weighted by molar-refractivity contribution is -0.156. The molecule has 0 aliphatic rings. The zero-order valence-electron chi connectivity index (χ0n) is 22.6. The van der Waals surface area contributed by atoms with Crippen LogP contribution in [-0.4, -0.2) is 63.2 Å². The van der Waals surface area contributed by atoms with Crippen molar-refractivity contribution in [3.05, 3.63) is 72.6 Å². The lowest BCUT2D eigenvalue weighted by atomic mass is 10.1. The zero-order valence-corrected chi connectivity index (χ0v) is 22.6. The fraction of sp³-hybridized carbons (Fsp3) is 0.379. The van der Waals surface area contributed by atoms with E-state index in [1.54, 1.807) is 44.7 Å². The molecule has 0 spiro atoms. The van der Waals surface area contributed by atoms with Gasteiger partial charge in [-0.05, 0) is 58.4 Å². The van der Waals surface area contributed by atoms with Crippen LogP contribution in [0.4, 0.5) is 11.5 Å². The van der Waals surface area contributed by atoms with Gasteiger partial charge in [0.2, 0.25) is 5.91 Å². The van der Waals surface area contributed by atoms with E-state index in [0.29, 0.717) is 18.1 Å². The second-order valence-corrected chi connectivity index (χ2v) is 10.3. The Balaban J connectivity index is 1.65. The lowest BCUT2D eigenvalue weighted by Gasteiger charge is -2.25. The fourth-order valence-corrected chi connectivity index (χ4v) is 3.91. The summed E-state index contributed by atoms with van der Waals surface area (Å²) in [4.78, 5) is 35.3. The quantitative estimate of drug-likeness (QED) is 0.253. The minimum absolute atomic E-state index is 0.00991. The van der Waals surface area contributed by atoms with Crippen LogP contribution < -0.4 is 10.6 Å². The first-order valence-corrected chi connectivity index (χ1v) is 12.7. The highest BCUT2D eigenvalue weighted by Crippen LogP contribution is 2.26. The van der Waals surface area contributed by atoms with Crippen molar-refractivity contribution < 1.29 is 19.4 Å². The van der Waals surface area contributed by atoms with Crippen molar-refractivity contribution in [1.82, 2.24) is 14.9 Å². The average Bonchev–Trinajstić information content (AvgIpc) is 2.83. The Morgan fingerprint density at radius 1 is 1.11 bits per heavy atom. The maximum Gasteiger partial charge on any atom is 0.320 e. The molecule has 0 radical (unpaired) electrons. The van der Waals surface area contributed by atoms with Crippen LogP contribution in [0.1, 0.15) is 46.2 Å². The van der Waals surface area contributed by atoms with Crippen molar-refractivity contribution in [2.24, 2.45) is 0 Å². The van der Waals surface area contributed by atoms with Crippen LogP contribution >= 0.6 is 0 Å². The Morgan fingerprint density at radius 3 is 2.53 bits per heavy atom. The van der Waals surface area contributed by atoms with Crippen molar-refractivity contribution in [2.45, 2.75) is 52.4 Å². The lowest BCUT2D eigenvalue weighted by Crippen LogP contribution is -2.38. The van der Waals surface area contributed by atoms with Gasteiger partial charge in [-0.1, -0.05) is 36.4 Å². The fourth-order valence-electron chi connectivity index (χ4n) is 3.91. The number of benzene rings is 2. The number of hydrogen-bond donors (Lipinski definition) is 3. The number of amides is 1. The Kier molecular flexibility index (Phi) is 9.92. The summed E-state index contributed by atoms with van der Waals surface area (Å²) in [5.41, 5.74) is 1.90. The van der Waals surface area contributed by atoms with Gasteiger partial charge >= 0.3 is 5.97 Å². The number of hydrogen-bond acceptors (Lipinski definition) is 8. The van der Waals surface area contributed by atoms with Gasteiger partial charge < -0.3 is 20.5 Å². The van der Waals surface area contributed by atoms with Gasteiger partial charge in [0, 0.05) is 36.3 Å². The molecule has 0 bridgehead atoms. The second-order valence-electron chi connectivity index (χ2n) is 10.3. The molecule has 3 aromatic rings. The van der Waals surface area contributed by atoms with Gasteiger partial charge in [0.1, 0.15) is 17.7 Å². The summed E-state index contributed by atoms with van der Waals surface area (Å²) in [6.45, 7) is 9.69. The van der Waals surface area contributed by atoms with Crippen LogP contribution in [0.3, 0.4) is 0 Å². The molecule has 2 atom stereocenters. The van der Waals surface area contributed by atoms with E-state index in [1.165, 1.54) is 12.4 Å². The SMILES string of the molecule is C[C@@H](O)CN(C/C=C/C(=O)Nc1ccc2ncnc(N[C@H](C)c3ccccc3)c2c1)CC(=O)OC(C)(C)C. The predicted octanol–water partition coefficient (Wildman–Crippen LogP) is 4.32. The third-order valence-corrected chi connectivity index (χ3v) is 5.48. The smallest absolute Gasteiger partial charge is 0.320 e. The Hall–Kier alpha value is -3.82. The highest BCUT2D eigenvalue weighted by molar-refractivity contribution is 6.01. The maximum atomic E-state index is 12.6. The number of aromatic nitrogens is 2. The molecule has 0 aliphatic heterocycles. The van der Waals surface area contributed by atoms with Crippen LogP contribution in [0.25, 0.3) is 10.9 Å². The molecular weight excluding hydrogens is 482 g/mol. The Labute approximate surface area is 223 Å². The monoisotopic (exact) mass is 519 g/mol. The van der Waals surface area contributed by atoms with E-state index in [1.807, 2.05) is 30.3 Å². The van der Waals surface area contributed by atoms with Gasteiger partial charge in [-0.2, -0.15) is 0 Å². The topological polar surface area (TPSA) is 117 Å². The van der Waals surface area contributed by atoms with Crippen molar-refractivity contribution >= 4 is 34.3 Å². The number of fused-ring (bicyclic) bond motifs is 1. The molecule has 3 rings (SSSR count). The number of carbonyl (C=O) groups excluding carboxylic acids is 2. The van der Waals surface area contributed by atoms with E-state index in [9.17, 15) is 14.7 Å². The molecule has 0 saturated heterocycles. The summed E-state index contributed by atoms with van der Waals surface area (Å²) >= 11 is 0. The van der Waals surface area contributed by atoms with Gasteiger partial charge in [0.15, 0.2) is 0 Å².